The van der Waals surface area contributed by atoms with Gasteiger partial charge in [-0.15, -0.1) is 0 Å². The molecule has 0 saturated heterocycles. The van der Waals surface area contributed by atoms with E-state index in [4.69, 9.17) is 9.16 Å². The lowest BCUT2D eigenvalue weighted by Crippen LogP contribution is -2.51. The number of esters is 1. The van der Waals surface area contributed by atoms with Gasteiger partial charge in [0.1, 0.15) is 6.10 Å². The van der Waals surface area contributed by atoms with Gasteiger partial charge in [-0.25, -0.2) is 4.79 Å². The van der Waals surface area contributed by atoms with Crippen LogP contribution in [-0.4, -0.2) is 32.4 Å². The summed E-state index contributed by atoms with van der Waals surface area (Å²) in [7, 11) is -2.24. The maximum Gasteiger partial charge on any atom is 0.336 e. The molecule has 38 heavy (non-hydrogen) atoms. The quantitative estimate of drug-likeness (QED) is 0.224. The zero-order valence-electron chi connectivity index (χ0n) is 24.1. The minimum atomic E-state index is -2.24. The number of nitrogens with one attached hydrogen (secondary N) is 1. The van der Waals surface area contributed by atoms with E-state index in [1.165, 1.54) is 0 Å². The van der Waals surface area contributed by atoms with Gasteiger partial charge in [0, 0.05) is 5.56 Å². The van der Waals surface area contributed by atoms with E-state index in [0.717, 1.165) is 43.0 Å². The Kier molecular flexibility index (Phi) is 11.2. The van der Waals surface area contributed by atoms with Crippen LogP contribution in [0.3, 0.4) is 0 Å². The number of hydrogen-bond donors (Lipinski definition) is 1. The molecular weight excluding hydrogens is 490 g/mol. The van der Waals surface area contributed by atoms with Gasteiger partial charge in [0.25, 0.3) is 5.91 Å². The number of benzene rings is 2. The Bertz CT molecular complexity index is 1000. The van der Waals surface area contributed by atoms with Gasteiger partial charge in [-0.3, -0.25) is 4.79 Å². The van der Waals surface area contributed by atoms with Gasteiger partial charge in [0.2, 0.25) is 0 Å². The van der Waals surface area contributed by atoms with E-state index in [0.29, 0.717) is 23.3 Å². The zero-order chi connectivity index (χ0) is 27.7. The molecular formula is C32H47NO4Si. The Morgan fingerprint density at radius 2 is 1.50 bits per heavy atom. The van der Waals surface area contributed by atoms with Crippen molar-refractivity contribution < 1.29 is 18.8 Å². The van der Waals surface area contributed by atoms with E-state index in [1.54, 1.807) is 12.1 Å². The molecule has 1 N–H and O–H groups in total. The fourth-order valence-corrected chi connectivity index (χ4v) is 8.57. The molecule has 0 spiro atoms. The summed E-state index contributed by atoms with van der Waals surface area (Å²) in [6.07, 6.45) is 2.04. The molecule has 4 unspecified atom stereocenters. The molecule has 1 amide bonds. The molecule has 0 heterocycles. The molecule has 1 saturated carbocycles. The van der Waals surface area contributed by atoms with Gasteiger partial charge in [-0.05, 0) is 66.4 Å². The number of carbonyl (C=O) groups is 2. The first kappa shape index (κ1) is 30.1. The highest BCUT2D eigenvalue weighted by Gasteiger charge is 2.43. The summed E-state index contributed by atoms with van der Waals surface area (Å²) in [5, 5.41) is 3.16. The average molecular weight is 538 g/mol. The molecule has 0 radical (unpaired) electrons. The van der Waals surface area contributed by atoms with Crippen LogP contribution in [-0.2, 0) is 14.0 Å². The van der Waals surface area contributed by atoms with E-state index in [2.05, 4.69) is 46.9 Å². The Labute approximate surface area is 230 Å². The SMILES string of the molecule is CC[Si](CC)(CC)OC(C(=O)OC1CC(C)CC[C@@H]1C(C)C)C(NC(=O)c1ccccc1)c1ccccc1. The topological polar surface area (TPSA) is 64.6 Å². The van der Waals surface area contributed by atoms with Crippen LogP contribution < -0.4 is 5.32 Å². The first-order chi connectivity index (χ1) is 18.2. The third-order valence-corrected chi connectivity index (χ3v) is 13.2. The molecule has 6 heteroatoms. The molecule has 2 aromatic rings. The number of rotatable bonds is 12. The van der Waals surface area contributed by atoms with Crippen LogP contribution in [0.2, 0.25) is 18.1 Å². The third kappa shape index (κ3) is 7.57. The van der Waals surface area contributed by atoms with Crippen LogP contribution in [0.4, 0.5) is 0 Å². The predicted octanol–water partition coefficient (Wildman–Crippen LogP) is 7.55. The van der Waals surface area contributed by atoms with Crippen LogP contribution in [0, 0.1) is 17.8 Å². The van der Waals surface area contributed by atoms with Crippen molar-refractivity contribution in [3.8, 4) is 0 Å². The summed E-state index contributed by atoms with van der Waals surface area (Å²) in [4.78, 5) is 27.6. The summed E-state index contributed by atoms with van der Waals surface area (Å²) < 4.78 is 13.3. The predicted molar refractivity (Wildman–Crippen MR) is 156 cm³/mol. The number of ether oxygens (including phenoxy) is 1. The molecule has 0 bridgehead atoms. The van der Waals surface area contributed by atoms with Crippen molar-refractivity contribution in [2.75, 3.05) is 0 Å². The summed E-state index contributed by atoms with van der Waals surface area (Å²) in [5.41, 5.74) is 1.38. The maximum absolute atomic E-state index is 14.2. The Hall–Kier alpha value is -2.44. The molecule has 5 nitrogen and oxygen atoms in total. The molecule has 1 aliphatic carbocycles. The summed E-state index contributed by atoms with van der Waals surface area (Å²) in [6.45, 7) is 13.1. The van der Waals surface area contributed by atoms with Crippen molar-refractivity contribution in [1.29, 1.82) is 0 Å². The van der Waals surface area contributed by atoms with Crippen LogP contribution in [0.25, 0.3) is 0 Å². The Morgan fingerprint density at radius 1 is 0.921 bits per heavy atom. The highest BCUT2D eigenvalue weighted by atomic mass is 28.4. The number of hydrogen-bond acceptors (Lipinski definition) is 4. The van der Waals surface area contributed by atoms with Gasteiger partial charge < -0.3 is 14.5 Å². The summed E-state index contributed by atoms with van der Waals surface area (Å²) in [6, 6.07) is 20.9. The first-order valence-corrected chi connectivity index (χ1v) is 17.1. The maximum atomic E-state index is 14.2. The zero-order valence-corrected chi connectivity index (χ0v) is 25.1. The second-order valence-corrected chi connectivity index (χ2v) is 16.0. The monoisotopic (exact) mass is 537 g/mol. The fraction of sp³-hybridized carbons (Fsp3) is 0.562. The number of amides is 1. The van der Waals surface area contributed by atoms with Gasteiger partial charge in [0.15, 0.2) is 14.4 Å². The smallest absolute Gasteiger partial charge is 0.336 e. The van der Waals surface area contributed by atoms with Crippen LogP contribution in [0.5, 0.6) is 0 Å². The Balaban J connectivity index is 2.01. The standard InChI is InChI=1S/C32H47NO4Si/c1-7-38(8-2,9-3)37-30(32(35)36-28-22-24(6)20-21-27(28)23(4)5)29(25-16-12-10-13-17-25)33-31(34)26-18-14-11-15-19-26/h10-19,23-24,27-30H,7-9,20-22H2,1-6H3,(H,33,34)/t24?,27-,28?,29?,30?/m1/s1. The number of carbonyl (C=O) groups excluding carboxylic acids is 2. The lowest BCUT2D eigenvalue weighted by Gasteiger charge is -2.40. The molecule has 0 aliphatic heterocycles. The molecule has 3 rings (SSSR count). The minimum Gasteiger partial charge on any atom is -0.460 e. The molecule has 2 aromatic carbocycles. The normalized spacial score (nSPS) is 21.5. The molecule has 5 atom stereocenters. The van der Waals surface area contributed by atoms with Crippen molar-refractivity contribution in [1.82, 2.24) is 5.32 Å². The Morgan fingerprint density at radius 3 is 2.05 bits per heavy atom. The minimum absolute atomic E-state index is 0.139. The first-order valence-electron chi connectivity index (χ1n) is 14.5. The van der Waals surface area contributed by atoms with Crippen LogP contribution in [0.15, 0.2) is 60.7 Å². The van der Waals surface area contributed by atoms with Crippen molar-refractivity contribution in [3.05, 3.63) is 71.8 Å². The average Bonchev–Trinajstić information content (AvgIpc) is 2.94. The highest BCUT2D eigenvalue weighted by molar-refractivity contribution is 6.73. The van der Waals surface area contributed by atoms with Gasteiger partial charge >= 0.3 is 5.97 Å². The summed E-state index contributed by atoms with van der Waals surface area (Å²) >= 11 is 0. The fourth-order valence-electron chi connectivity index (χ4n) is 5.80. The van der Waals surface area contributed by atoms with Crippen molar-refractivity contribution in [2.24, 2.45) is 17.8 Å². The third-order valence-electron chi connectivity index (χ3n) is 8.56. The van der Waals surface area contributed by atoms with Crippen molar-refractivity contribution >= 4 is 20.2 Å². The largest absolute Gasteiger partial charge is 0.460 e. The second-order valence-electron chi connectivity index (χ2n) is 11.3. The van der Waals surface area contributed by atoms with Crippen molar-refractivity contribution in [2.45, 2.75) is 97.2 Å². The lowest BCUT2D eigenvalue weighted by molar-refractivity contribution is -0.166. The van der Waals surface area contributed by atoms with E-state index in [-0.39, 0.29) is 18.0 Å². The van der Waals surface area contributed by atoms with Gasteiger partial charge in [0.05, 0.1) is 6.04 Å². The molecule has 1 aliphatic rings. The van der Waals surface area contributed by atoms with E-state index >= 15 is 0 Å². The van der Waals surface area contributed by atoms with Crippen molar-refractivity contribution in [3.63, 3.8) is 0 Å². The van der Waals surface area contributed by atoms with E-state index in [9.17, 15) is 9.59 Å². The van der Waals surface area contributed by atoms with E-state index < -0.39 is 20.5 Å². The molecule has 1 fully saturated rings. The second kappa shape index (κ2) is 14.1. The van der Waals surface area contributed by atoms with Crippen LogP contribution >= 0.6 is 0 Å². The summed E-state index contributed by atoms with van der Waals surface area (Å²) in [5.74, 6) is 0.682. The lowest BCUT2D eigenvalue weighted by atomic mass is 9.75. The highest BCUT2D eigenvalue weighted by Crippen LogP contribution is 2.37. The molecule has 0 aromatic heterocycles. The molecule has 208 valence electrons. The van der Waals surface area contributed by atoms with Gasteiger partial charge in [-0.2, -0.15) is 0 Å². The van der Waals surface area contributed by atoms with Crippen LogP contribution in [0.1, 0.15) is 82.8 Å². The van der Waals surface area contributed by atoms with E-state index in [1.807, 2.05) is 48.5 Å². The van der Waals surface area contributed by atoms with Gasteiger partial charge in [-0.1, -0.05) is 96.5 Å².